The lowest BCUT2D eigenvalue weighted by molar-refractivity contribution is -0.385. The van der Waals surface area contributed by atoms with Crippen molar-refractivity contribution in [2.75, 3.05) is 27.4 Å². The van der Waals surface area contributed by atoms with E-state index in [2.05, 4.69) is 0 Å². The Morgan fingerprint density at radius 2 is 1.37 bits per heavy atom. The van der Waals surface area contributed by atoms with Crippen LogP contribution >= 0.6 is 14.5 Å². The number of hydrogen-bond donors (Lipinski definition) is 0. The van der Waals surface area contributed by atoms with Gasteiger partial charge in [0, 0.05) is 49.8 Å². The molecule has 0 bridgehead atoms. The van der Waals surface area contributed by atoms with Crippen molar-refractivity contribution in [2.45, 2.75) is 20.8 Å². The van der Waals surface area contributed by atoms with Gasteiger partial charge in [0.2, 0.25) is 0 Å². The molecule has 0 radical (unpaired) electrons. The number of nitrogens with zero attached hydrogens (tertiary/aromatic N) is 2. The largest absolute Gasteiger partial charge is 0.530 e. The summed E-state index contributed by atoms with van der Waals surface area (Å²) in [5.41, 5.74) is 0.437. The minimum atomic E-state index is -3.65. The maximum atomic E-state index is 12.0. The summed E-state index contributed by atoms with van der Waals surface area (Å²) in [6, 6.07) is 9.51. The Kier molecular flexibility index (Phi) is 12.4. The van der Waals surface area contributed by atoms with Crippen molar-refractivity contribution in [2.24, 2.45) is 0 Å². The Balaban J connectivity index is 0.000000351. The first kappa shape index (κ1) is 30.6. The smallest absolute Gasteiger partial charge is 0.424 e. The minimum absolute atomic E-state index is 0.0282. The number of phosphoric ester groups is 1. The molecule has 0 heterocycles. The van der Waals surface area contributed by atoms with Crippen molar-refractivity contribution in [3.05, 3.63) is 68.3 Å². The van der Waals surface area contributed by atoms with Crippen LogP contribution in [0.15, 0.2) is 42.5 Å². The van der Waals surface area contributed by atoms with Crippen molar-refractivity contribution < 1.29 is 41.6 Å². The fourth-order valence-electron chi connectivity index (χ4n) is 2.33. The Labute approximate surface area is 207 Å². The van der Waals surface area contributed by atoms with E-state index in [4.69, 9.17) is 38.9 Å². The molecule has 13 nitrogen and oxygen atoms in total. The topological polar surface area (TPSA) is 159 Å². The van der Waals surface area contributed by atoms with Crippen LogP contribution in [0.25, 0.3) is 0 Å². The molecule has 0 unspecified atom stereocenters. The van der Waals surface area contributed by atoms with Crippen molar-refractivity contribution in [3.63, 3.8) is 0 Å². The fraction of sp³-hybridized carbons (Fsp3) is 0.368. The maximum absolute atomic E-state index is 12.0. The zero-order valence-corrected chi connectivity index (χ0v) is 22.2. The van der Waals surface area contributed by atoms with Crippen LogP contribution in [-0.4, -0.2) is 37.3 Å². The molecule has 0 aliphatic carbocycles. The van der Waals surface area contributed by atoms with E-state index in [1.165, 1.54) is 56.7 Å². The third-order valence-electron chi connectivity index (χ3n) is 3.87. The molecule has 0 fully saturated rings. The minimum Gasteiger partial charge on any atom is -0.424 e. The van der Waals surface area contributed by atoms with Crippen LogP contribution in [0.5, 0.6) is 11.5 Å². The van der Waals surface area contributed by atoms with Gasteiger partial charge in [-0.05, 0) is 45.0 Å². The molecule has 0 aliphatic rings. The maximum Gasteiger partial charge on any atom is 0.530 e. The normalized spacial score (nSPS) is 11.2. The molecule has 0 aliphatic heterocycles. The molecule has 0 N–H and O–H groups in total. The van der Waals surface area contributed by atoms with Crippen molar-refractivity contribution in [3.8, 4) is 11.5 Å². The first-order valence-electron chi connectivity index (χ1n) is 9.91. The third kappa shape index (κ3) is 9.98. The van der Waals surface area contributed by atoms with Gasteiger partial charge in [-0.2, -0.15) is 0 Å². The van der Waals surface area contributed by atoms with Gasteiger partial charge < -0.3 is 18.1 Å². The molecule has 0 saturated carbocycles. The highest BCUT2D eigenvalue weighted by Gasteiger charge is 2.27. The van der Waals surface area contributed by atoms with Crippen LogP contribution in [0.4, 0.5) is 11.4 Å². The summed E-state index contributed by atoms with van der Waals surface area (Å²) in [7, 11) is -0.867. The summed E-state index contributed by atoms with van der Waals surface area (Å²) in [5, 5.41) is 21.1. The fourth-order valence-corrected chi connectivity index (χ4v) is 4.45. The second-order valence-electron chi connectivity index (χ2n) is 6.23. The van der Waals surface area contributed by atoms with Gasteiger partial charge in [-0.1, -0.05) is 0 Å². The van der Waals surface area contributed by atoms with Crippen LogP contribution in [0.3, 0.4) is 0 Å². The van der Waals surface area contributed by atoms with E-state index in [1.54, 1.807) is 20.8 Å². The zero-order chi connectivity index (χ0) is 26.6. The number of aryl methyl sites for hydroxylation is 1. The van der Waals surface area contributed by atoms with Gasteiger partial charge in [0.05, 0.1) is 23.1 Å². The summed E-state index contributed by atoms with van der Waals surface area (Å²) >= 11 is 5.02. The second-order valence-corrected chi connectivity index (χ2v) is 11.0. The molecule has 0 amide bonds. The lowest BCUT2D eigenvalue weighted by atomic mass is 10.2. The lowest BCUT2D eigenvalue weighted by Gasteiger charge is -2.18. The Morgan fingerprint density at radius 1 is 0.857 bits per heavy atom. The van der Waals surface area contributed by atoms with Gasteiger partial charge in [0.25, 0.3) is 11.4 Å². The zero-order valence-electron chi connectivity index (χ0n) is 19.6. The summed E-state index contributed by atoms with van der Waals surface area (Å²) < 4.78 is 42.3. The lowest BCUT2D eigenvalue weighted by Crippen LogP contribution is -2.02. The number of nitro groups is 2. The molecule has 2 rings (SSSR count). The molecule has 194 valence electrons. The highest BCUT2D eigenvalue weighted by molar-refractivity contribution is 8.07. The Bertz CT molecular complexity index is 1080. The van der Waals surface area contributed by atoms with Crippen molar-refractivity contribution in [1.29, 1.82) is 0 Å². The van der Waals surface area contributed by atoms with Gasteiger partial charge >= 0.3 is 14.5 Å². The molecule has 0 spiro atoms. The molecule has 2 aromatic rings. The Hall–Kier alpha value is -2.44. The highest BCUT2D eigenvalue weighted by Crippen LogP contribution is 2.49. The van der Waals surface area contributed by atoms with Gasteiger partial charge in [-0.3, -0.25) is 29.3 Å². The monoisotopic (exact) mass is 552 g/mol. The summed E-state index contributed by atoms with van der Waals surface area (Å²) in [5.74, 6) is 0.575. The van der Waals surface area contributed by atoms with Crippen LogP contribution in [-0.2, 0) is 34.5 Å². The first-order valence-corrected chi connectivity index (χ1v) is 13.9. The average molecular weight is 552 g/mol. The summed E-state index contributed by atoms with van der Waals surface area (Å²) in [6.45, 7) is 2.48. The molecular weight excluding hydrogens is 526 g/mol. The van der Waals surface area contributed by atoms with Gasteiger partial charge in [0.1, 0.15) is 11.5 Å². The van der Waals surface area contributed by atoms with Crippen molar-refractivity contribution in [1.82, 2.24) is 0 Å². The van der Waals surface area contributed by atoms with Crippen LogP contribution in [0.2, 0.25) is 0 Å². The standard InChI is InChI=1S/C10H14NO6P.C9H12NO5PS/c1-3-15-18(14,16-4-2)17-10-7-5-9(6-8-10)11(12)13;1-7-6-8(4-5-9(7)10(11)12)15-16(17,13-2)14-3/h5-8H,3-4H2,1-2H3;4-6H,1-3H3. The number of benzene rings is 2. The van der Waals surface area contributed by atoms with E-state index < -0.39 is 24.4 Å². The van der Waals surface area contributed by atoms with E-state index in [0.29, 0.717) is 11.3 Å². The molecule has 0 saturated heterocycles. The van der Waals surface area contributed by atoms with E-state index in [1.807, 2.05) is 0 Å². The van der Waals surface area contributed by atoms with Gasteiger partial charge in [-0.25, -0.2) is 4.57 Å². The first-order chi connectivity index (χ1) is 16.4. The molecular formula is C19H26N2O11P2S. The average Bonchev–Trinajstić information content (AvgIpc) is 2.79. The highest BCUT2D eigenvalue weighted by atomic mass is 32.5. The van der Waals surface area contributed by atoms with Crippen LogP contribution in [0.1, 0.15) is 19.4 Å². The van der Waals surface area contributed by atoms with Gasteiger partial charge in [0.15, 0.2) is 0 Å². The number of phosphoric acid groups is 1. The Morgan fingerprint density at radius 3 is 1.77 bits per heavy atom. The summed E-state index contributed by atoms with van der Waals surface area (Å²) in [6.07, 6.45) is 0. The molecule has 0 atom stereocenters. The number of hydrogen-bond acceptors (Lipinski definition) is 12. The van der Waals surface area contributed by atoms with E-state index in [0.717, 1.165) is 0 Å². The van der Waals surface area contributed by atoms with Crippen molar-refractivity contribution >= 4 is 37.7 Å². The SMILES string of the molecule is CCOP(=O)(OCC)Oc1ccc([N+](=O)[O-])cc1.COP(=S)(OC)Oc1ccc([N+](=O)[O-])c(C)c1. The van der Waals surface area contributed by atoms with E-state index in [9.17, 15) is 24.8 Å². The van der Waals surface area contributed by atoms with E-state index >= 15 is 0 Å². The van der Waals surface area contributed by atoms with E-state index in [-0.39, 0.29) is 30.3 Å². The quantitative estimate of drug-likeness (QED) is 0.173. The predicted octanol–water partition coefficient (Wildman–Crippen LogP) is 5.95. The molecule has 16 heteroatoms. The number of non-ortho nitro benzene ring substituents is 1. The van der Waals surface area contributed by atoms with Gasteiger partial charge in [-0.15, -0.1) is 0 Å². The number of nitro benzene ring substituents is 2. The predicted molar refractivity (Wildman–Crippen MR) is 131 cm³/mol. The molecule has 2 aromatic carbocycles. The summed E-state index contributed by atoms with van der Waals surface area (Å²) in [4.78, 5) is 20.1. The number of rotatable bonds is 12. The van der Waals surface area contributed by atoms with Crippen LogP contribution < -0.4 is 9.05 Å². The second kappa shape index (κ2) is 14.2. The molecule has 0 aromatic heterocycles. The molecule has 35 heavy (non-hydrogen) atoms. The van der Waals surface area contributed by atoms with Crippen LogP contribution in [0, 0.1) is 27.2 Å². The third-order valence-corrected chi connectivity index (χ3v) is 7.90.